The monoisotopic (exact) mass is 376 g/mol. The Balaban J connectivity index is 1.62. The molecule has 0 aliphatic heterocycles. The number of para-hydroxylation sites is 1. The molecule has 0 spiro atoms. The van der Waals surface area contributed by atoms with Crippen molar-refractivity contribution < 1.29 is 9.26 Å². The molecule has 0 radical (unpaired) electrons. The summed E-state index contributed by atoms with van der Waals surface area (Å²) >= 11 is 0. The molecule has 2 heterocycles. The van der Waals surface area contributed by atoms with E-state index in [0.29, 0.717) is 24.0 Å². The van der Waals surface area contributed by atoms with Gasteiger partial charge in [-0.05, 0) is 43.7 Å². The Morgan fingerprint density at radius 2 is 1.93 bits per heavy atom. The molecular weight excluding hydrogens is 356 g/mol. The maximum absolute atomic E-state index is 12.4. The van der Waals surface area contributed by atoms with Gasteiger partial charge in [-0.3, -0.25) is 4.79 Å². The Bertz CT molecular complexity index is 1170. The van der Waals surface area contributed by atoms with Crippen LogP contribution in [0, 0.1) is 6.92 Å². The number of rotatable bonds is 6. The van der Waals surface area contributed by atoms with E-state index in [1.54, 1.807) is 11.5 Å². The summed E-state index contributed by atoms with van der Waals surface area (Å²) in [5.74, 6) is 1.59. The van der Waals surface area contributed by atoms with E-state index in [1.165, 1.54) is 0 Å². The summed E-state index contributed by atoms with van der Waals surface area (Å²) in [5.41, 5.74) is 2.73. The molecule has 0 N–H and O–H groups in total. The fourth-order valence-corrected chi connectivity index (χ4v) is 3.05. The summed E-state index contributed by atoms with van der Waals surface area (Å²) in [6, 6.07) is 15.1. The number of ether oxygens (including phenoxy) is 1. The van der Waals surface area contributed by atoms with Crippen molar-refractivity contribution in [3.05, 3.63) is 70.5 Å². The van der Waals surface area contributed by atoms with Gasteiger partial charge in [-0.1, -0.05) is 30.3 Å². The number of aromatic nitrogens is 4. The minimum atomic E-state index is -0.0537. The van der Waals surface area contributed by atoms with E-state index < -0.39 is 0 Å². The molecule has 28 heavy (non-hydrogen) atoms. The number of nitrogens with zero attached hydrogens (tertiary/aromatic N) is 4. The van der Waals surface area contributed by atoms with Crippen LogP contribution < -0.4 is 10.3 Å². The van der Waals surface area contributed by atoms with Gasteiger partial charge in [0.2, 0.25) is 5.82 Å². The lowest BCUT2D eigenvalue weighted by Gasteiger charge is -2.10. The molecule has 7 heteroatoms. The minimum Gasteiger partial charge on any atom is -0.484 e. The molecule has 0 atom stereocenters. The van der Waals surface area contributed by atoms with Gasteiger partial charge in [0.1, 0.15) is 11.4 Å². The molecule has 0 aliphatic rings. The van der Waals surface area contributed by atoms with Gasteiger partial charge >= 0.3 is 0 Å². The predicted molar refractivity (Wildman–Crippen MR) is 105 cm³/mol. The Hall–Kier alpha value is -3.48. The lowest BCUT2D eigenvalue weighted by Crippen LogP contribution is -2.24. The molecule has 0 aliphatic carbocycles. The van der Waals surface area contributed by atoms with Gasteiger partial charge in [-0.15, -0.1) is 0 Å². The number of aryl methyl sites for hydroxylation is 2. The van der Waals surface area contributed by atoms with Crippen LogP contribution in [-0.4, -0.2) is 19.7 Å². The van der Waals surface area contributed by atoms with Crippen LogP contribution in [0.3, 0.4) is 0 Å². The SMILES string of the molecule is CCCn1c(=O)c(C)nc2cc(-c3noc(COc4ccccc4)n3)ccc21. The third-order valence-corrected chi connectivity index (χ3v) is 4.39. The average Bonchev–Trinajstić information content (AvgIpc) is 3.19. The first kappa shape index (κ1) is 17.9. The normalized spacial score (nSPS) is 11.1. The molecule has 0 saturated heterocycles. The Morgan fingerprint density at radius 1 is 1.11 bits per heavy atom. The van der Waals surface area contributed by atoms with Crippen LogP contribution in [0.4, 0.5) is 0 Å². The third-order valence-electron chi connectivity index (χ3n) is 4.39. The second-order valence-corrected chi connectivity index (χ2v) is 6.47. The van der Waals surface area contributed by atoms with Crippen molar-refractivity contribution in [2.24, 2.45) is 0 Å². The number of fused-ring (bicyclic) bond motifs is 1. The first-order chi connectivity index (χ1) is 13.7. The molecule has 142 valence electrons. The topological polar surface area (TPSA) is 83.0 Å². The van der Waals surface area contributed by atoms with Crippen molar-refractivity contribution in [1.82, 2.24) is 19.7 Å². The first-order valence-electron chi connectivity index (χ1n) is 9.17. The minimum absolute atomic E-state index is 0.0537. The Labute approximate surface area is 161 Å². The van der Waals surface area contributed by atoms with Crippen molar-refractivity contribution in [2.75, 3.05) is 0 Å². The molecule has 4 aromatic rings. The third kappa shape index (κ3) is 3.51. The van der Waals surface area contributed by atoms with Gasteiger partial charge in [0.05, 0.1) is 11.0 Å². The van der Waals surface area contributed by atoms with Crippen LogP contribution in [0.1, 0.15) is 24.9 Å². The van der Waals surface area contributed by atoms with Crippen molar-refractivity contribution in [2.45, 2.75) is 33.4 Å². The summed E-state index contributed by atoms with van der Waals surface area (Å²) < 4.78 is 12.7. The Morgan fingerprint density at radius 3 is 2.71 bits per heavy atom. The second-order valence-electron chi connectivity index (χ2n) is 6.47. The quantitative estimate of drug-likeness (QED) is 0.510. The fourth-order valence-electron chi connectivity index (χ4n) is 3.05. The van der Waals surface area contributed by atoms with Gasteiger partial charge in [0.25, 0.3) is 11.4 Å². The van der Waals surface area contributed by atoms with Crippen molar-refractivity contribution in [1.29, 1.82) is 0 Å². The number of hydrogen-bond donors (Lipinski definition) is 0. The molecule has 0 fully saturated rings. The van der Waals surface area contributed by atoms with Crippen LogP contribution >= 0.6 is 0 Å². The predicted octanol–water partition coefficient (Wildman–Crippen LogP) is 3.74. The highest BCUT2D eigenvalue weighted by molar-refractivity contribution is 5.80. The van der Waals surface area contributed by atoms with E-state index in [1.807, 2.05) is 55.5 Å². The van der Waals surface area contributed by atoms with Crippen molar-refractivity contribution in [3.8, 4) is 17.1 Å². The highest BCUT2D eigenvalue weighted by Gasteiger charge is 2.13. The lowest BCUT2D eigenvalue weighted by molar-refractivity contribution is 0.243. The van der Waals surface area contributed by atoms with E-state index in [-0.39, 0.29) is 12.2 Å². The summed E-state index contributed by atoms with van der Waals surface area (Å²) in [6.45, 7) is 4.62. The Kier molecular flexibility index (Phi) is 4.89. The highest BCUT2D eigenvalue weighted by Crippen LogP contribution is 2.21. The van der Waals surface area contributed by atoms with Crippen LogP contribution in [0.5, 0.6) is 5.75 Å². The summed E-state index contributed by atoms with van der Waals surface area (Å²) in [7, 11) is 0. The van der Waals surface area contributed by atoms with E-state index in [0.717, 1.165) is 28.8 Å². The summed E-state index contributed by atoms with van der Waals surface area (Å²) in [4.78, 5) is 21.2. The van der Waals surface area contributed by atoms with E-state index >= 15 is 0 Å². The zero-order chi connectivity index (χ0) is 19.5. The van der Waals surface area contributed by atoms with E-state index in [4.69, 9.17) is 9.26 Å². The zero-order valence-electron chi connectivity index (χ0n) is 15.8. The molecule has 0 bridgehead atoms. The molecule has 0 saturated carbocycles. The molecule has 4 rings (SSSR count). The van der Waals surface area contributed by atoms with E-state index in [9.17, 15) is 4.79 Å². The number of benzene rings is 2. The van der Waals surface area contributed by atoms with Crippen LogP contribution in [0.2, 0.25) is 0 Å². The van der Waals surface area contributed by atoms with Gasteiger partial charge in [-0.2, -0.15) is 4.98 Å². The standard InChI is InChI=1S/C21H20N4O3/c1-3-11-25-18-10-9-15(12-17(18)22-14(2)21(25)26)20-23-19(28-24-20)13-27-16-7-5-4-6-8-16/h4-10,12H,3,11,13H2,1-2H3. The maximum Gasteiger partial charge on any atom is 0.272 e. The molecular formula is C21H20N4O3. The van der Waals surface area contributed by atoms with Gasteiger partial charge in [-0.25, -0.2) is 4.98 Å². The van der Waals surface area contributed by atoms with Gasteiger partial charge in [0, 0.05) is 12.1 Å². The van der Waals surface area contributed by atoms with Gasteiger partial charge in [0.15, 0.2) is 6.61 Å². The zero-order valence-corrected chi connectivity index (χ0v) is 15.8. The van der Waals surface area contributed by atoms with Crippen molar-refractivity contribution in [3.63, 3.8) is 0 Å². The summed E-state index contributed by atoms with van der Waals surface area (Å²) in [6.07, 6.45) is 0.871. The fraction of sp³-hybridized carbons (Fsp3) is 0.238. The maximum atomic E-state index is 12.4. The average molecular weight is 376 g/mol. The highest BCUT2D eigenvalue weighted by atomic mass is 16.5. The van der Waals surface area contributed by atoms with Crippen LogP contribution in [0.25, 0.3) is 22.4 Å². The first-order valence-corrected chi connectivity index (χ1v) is 9.17. The molecule has 0 unspecified atom stereocenters. The van der Waals surface area contributed by atoms with Gasteiger partial charge < -0.3 is 13.8 Å². The molecule has 2 aromatic heterocycles. The van der Waals surface area contributed by atoms with E-state index in [2.05, 4.69) is 15.1 Å². The molecule has 7 nitrogen and oxygen atoms in total. The summed E-state index contributed by atoms with van der Waals surface area (Å²) in [5, 5.41) is 4.04. The van der Waals surface area contributed by atoms with Crippen LogP contribution in [-0.2, 0) is 13.2 Å². The van der Waals surface area contributed by atoms with Crippen molar-refractivity contribution >= 4 is 11.0 Å². The lowest BCUT2D eigenvalue weighted by atomic mass is 10.1. The smallest absolute Gasteiger partial charge is 0.272 e. The number of hydrogen-bond acceptors (Lipinski definition) is 6. The largest absolute Gasteiger partial charge is 0.484 e. The second kappa shape index (κ2) is 7.64. The molecule has 0 amide bonds. The molecule has 2 aromatic carbocycles. The van der Waals surface area contributed by atoms with Crippen LogP contribution in [0.15, 0.2) is 57.8 Å².